The van der Waals surface area contributed by atoms with Crippen LogP contribution in [0.4, 0.5) is 11.6 Å². The molecule has 128 valence electrons. The van der Waals surface area contributed by atoms with Crippen molar-refractivity contribution in [1.82, 2.24) is 15.0 Å². The molecule has 8 nitrogen and oxygen atoms in total. The van der Waals surface area contributed by atoms with E-state index in [1.807, 2.05) is 20.8 Å². The molecule has 24 heavy (non-hydrogen) atoms. The molecule has 0 aliphatic carbocycles. The molecule has 2 aromatic rings. The number of carbonyl (C=O) groups excluding carboxylic acids is 2. The average molecular weight is 330 g/mol. The smallest absolute Gasteiger partial charge is 0.267 e. The summed E-state index contributed by atoms with van der Waals surface area (Å²) in [5.41, 5.74) is 7.56. The summed E-state index contributed by atoms with van der Waals surface area (Å²) in [6.07, 6.45) is 3.16. The first-order valence-electron chi connectivity index (χ1n) is 7.58. The van der Waals surface area contributed by atoms with Gasteiger partial charge in [0.1, 0.15) is 5.69 Å². The lowest BCUT2D eigenvalue weighted by atomic mass is 10.1. The Kier molecular flexibility index (Phi) is 3.88. The van der Waals surface area contributed by atoms with Crippen molar-refractivity contribution in [1.29, 1.82) is 0 Å². The van der Waals surface area contributed by atoms with E-state index in [1.54, 1.807) is 23.4 Å². The number of anilines is 2. The van der Waals surface area contributed by atoms with Crippen molar-refractivity contribution in [3.8, 4) is 11.3 Å². The molecule has 0 radical (unpaired) electrons. The van der Waals surface area contributed by atoms with Crippen molar-refractivity contribution < 1.29 is 12.4 Å². The van der Waals surface area contributed by atoms with Crippen LogP contribution in [0.25, 0.3) is 11.3 Å². The van der Waals surface area contributed by atoms with Gasteiger partial charge in [0.25, 0.3) is 5.91 Å². The lowest BCUT2D eigenvalue weighted by Gasteiger charge is -2.31. The van der Waals surface area contributed by atoms with Gasteiger partial charge in [-0.3, -0.25) is 19.5 Å². The molecule has 3 N–H and O–H groups in total. The Morgan fingerprint density at radius 1 is 1.38 bits per heavy atom. The minimum atomic E-state index is -0.582. The van der Waals surface area contributed by atoms with Crippen LogP contribution in [0.1, 0.15) is 32.8 Å². The topological polar surface area (TPSA) is 114 Å². The summed E-state index contributed by atoms with van der Waals surface area (Å²) in [5.74, 6) is 0.438. The Balaban J connectivity index is 0.00000169. The van der Waals surface area contributed by atoms with E-state index in [9.17, 15) is 9.59 Å². The van der Waals surface area contributed by atoms with E-state index in [1.165, 1.54) is 0 Å². The van der Waals surface area contributed by atoms with Crippen LogP contribution < -0.4 is 16.0 Å². The number of amides is 2. The molecule has 2 amide bonds. The highest BCUT2D eigenvalue weighted by atomic mass is 16.2. The summed E-state index contributed by atoms with van der Waals surface area (Å²) in [4.78, 5) is 38.0. The number of primary amides is 1. The zero-order chi connectivity index (χ0) is 17.4. The molecule has 0 bridgehead atoms. The fourth-order valence-electron chi connectivity index (χ4n) is 2.66. The van der Waals surface area contributed by atoms with Crippen molar-refractivity contribution in [2.75, 3.05) is 16.8 Å². The van der Waals surface area contributed by atoms with Crippen LogP contribution in [0.15, 0.2) is 18.5 Å². The van der Waals surface area contributed by atoms with Crippen molar-refractivity contribution in [3.05, 3.63) is 29.7 Å². The molecule has 8 heteroatoms. The second-order valence-corrected chi connectivity index (χ2v) is 5.89. The van der Waals surface area contributed by atoms with E-state index in [0.717, 1.165) is 11.1 Å². The first-order chi connectivity index (χ1) is 11.4. The van der Waals surface area contributed by atoms with Gasteiger partial charge < -0.3 is 11.1 Å². The number of pyridine rings is 1. The SMILES string of the molecule is Cc1cc(C(N)=O)ncc1-c1cnc2c(n1)N(C(C)C)C(=O)CN2.[HH].[HH]. The minimum absolute atomic E-state index is 0. The van der Waals surface area contributed by atoms with Crippen LogP contribution in [-0.2, 0) is 4.79 Å². The average Bonchev–Trinajstić information content (AvgIpc) is 2.53. The number of nitrogens with two attached hydrogens (primary N) is 1. The molecule has 1 aliphatic heterocycles. The van der Waals surface area contributed by atoms with Crippen LogP contribution in [0, 0.1) is 6.92 Å². The molecule has 0 atom stereocenters. The van der Waals surface area contributed by atoms with E-state index < -0.39 is 5.91 Å². The second kappa shape index (κ2) is 5.88. The van der Waals surface area contributed by atoms with E-state index >= 15 is 0 Å². The molecular formula is C16H22N6O2. The molecule has 0 saturated carbocycles. The fourth-order valence-corrected chi connectivity index (χ4v) is 2.66. The second-order valence-electron chi connectivity index (χ2n) is 5.89. The summed E-state index contributed by atoms with van der Waals surface area (Å²) in [6, 6.07) is 1.59. The molecule has 0 fully saturated rings. The summed E-state index contributed by atoms with van der Waals surface area (Å²) < 4.78 is 0. The largest absolute Gasteiger partial charge is 0.364 e. The quantitative estimate of drug-likeness (QED) is 0.883. The van der Waals surface area contributed by atoms with Gasteiger partial charge in [0.05, 0.1) is 18.4 Å². The Morgan fingerprint density at radius 3 is 2.75 bits per heavy atom. The first-order valence-corrected chi connectivity index (χ1v) is 7.58. The number of hydrogen-bond acceptors (Lipinski definition) is 6. The van der Waals surface area contributed by atoms with Crippen molar-refractivity contribution in [2.24, 2.45) is 5.73 Å². The number of aromatic nitrogens is 3. The Hall–Kier alpha value is -3.03. The number of nitrogens with one attached hydrogen (secondary N) is 1. The number of hydrogen-bond donors (Lipinski definition) is 2. The molecule has 3 heterocycles. The molecule has 0 spiro atoms. The minimum Gasteiger partial charge on any atom is -0.364 e. The summed E-state index contributed by atoms with van der Waals surface area (Å²) in [6.45, 7) is 5.90. The fraction of sp³-hybridized carbons (Fsp3) is 0.312. The summed E-state index contributed by atoms with van der Waals surface area (Å²) >= 11 is 0. The monoisotopic (exact) mass is 330 g/mol. The lowest BCUT2D eigenvalue weighted by molar-refractivity contribution is -0.117. The van der Waals surface area contributed by atoms with Crippen molar-refractivity contribution in [2.45, 2.75) is 26.8 Å². The third-order valence-corrected chi connectivity index (χ3v) is 3.81. The normalized spacial score (nSPS) is 13.7. The van der Waals surface area contributed by atoms with Gasteiger partial charge in [0, 0.05) is 20.7 Å². The number of rotatable bonds is 3. The maximum atomic E-state index is 12.2. The van der Waals surface area contributed by atoms with Gasteiger partial charge in [0.2, 0.25) is 5.91 Å². The van der Waals surface area contributed by atoms with Crippen LogP contribution in [0.2, 0.25) is 0 Å². The summed E-state index contributed by atoms with van der Waals surface area (Å²) in [7, 11) is 0. The zero-order valence-corrected chi connectivity index (χ0v) is 13.7. The van der Waals surface area contributed by atoms with Crippen molar-refractivity contribution >= 4 is 23.5 Å². The number of aryl methyl sites for hydroxylation is 1. The predicted molar refractivity (Wildman–Crippen MR) is 93.9 cm³/mol. The number of fused-ring (bicyclic) bond motifs is 1. The van der Waals surface area contributed by atoms with Crippen LogP contribution in [-0.4, -0.2) is 39.4 Å². The van der Waals surface area contributed by atoms with Gasteiger partial charge in [0.15, 0.2) is 11.6 Å². The van der Waals surface area contributed by atoms with E-state index in [0.29, 0.717) is 17.3 Å². The summed E-state index contributed by atoms with van der Waals surface area (Å²) in [5, 5.41) is 2.97. The third-order valence-electron chi connectivity index (χ3n) is 3.81. The first kappa shape index (κ1) is 15.9. The molecule has 0 unspecified atom stereocenters. The van der Waals surface area contributed by atoms with E-state index in [2.05, 4.69) is 20.3 Å². The Bertz CT molecular complexity index is 843. The van der Waals surface area contributed by atoms with Gasteiger partial charge in [-0.05, 0) is 32.4 Å². The molecule has 3 rings (SSSR count). The Morgan fingerprint density at radius 2 is 2.12 bits per heavy atom. The predicted octanol–water partition coefficient (Wildman–Crippen LogP) is 1.60. The highest BCUT2D eigenvalue weighted by Crippen LogP contribution is 2.30. The third kappa shape index (κ3) is 2.66. The molecule has 0 aromatic carbocycles. The number of carbonyl (C=O) groups is 2. The van der Waals surface area contributed by atoms with Gasteiger partial charge in [-0.15, -0.1) is 0 Å². The highest BCUT2D eigenvalue weighted by Gasteiger charge is 2.29. The van der Waals surface area contributed by atoms with Crippen LogP contribution in [0.3, 0.4) is 0 Å². The molecule has 1 aliphatic rings. The molecule has 0 saturated heterocycles. The lowest BCUT2D eigenvalue weighted by Crippen LogP contribution is -2.45. The van der Waals surface area contributed by atoms with Gasteiger partial charge in [-0.1, -0.05) is 0 Å². The molecule has 2 aromatic heterocycles. The van der Waals surface area contributed by atoms with Crippen LogP contribution in [0.5, 0.6) is 0 Å². The zero-order valence-electron chi connectivity index (χ0n) is 13.7. The standard InChI is InChI=1S/C16H18N6O2.2H2/c1-8(2)22-13(23)7-20-15-16(22)21-12(6-19-15)10-5-18-11(14(17)24)4-9(10)3;;/h4-6,8H,7H2,1-3H3,(H2,17,24)(H,19,20);2*1H. The van der Waals surface area contributed by atoms with Gasteiger partial charge in [-0.25, -0.2) is 9.97 Å². The maximum Gasteiger partial charge on any atom is 0.267 e. The van der Waals surface area contributed by atoms with Crippen molar-refractivity contribution in [3.63, 3.8) is 0 Å². The van der Waals surface area contributed by atoms with Gasteiger partial charge in [-0.2, -0.15) is 0 Å². The molecular weight excluding hydrogens is 308 g/mol. The van der Waals surface area contributed by atoms with Gasteiger partial charge >= 0.3 is 0 Å². The number of nitrogens with zero attached hydrogens (tertiary/aromatic N) is 4. The maximum absolute atomic E-state index is 12.2. The van der Waals surface area contributed by atoms with E-state index in [-0.39, 0.29) is 27.0 Å². The van der Waals surface area contributed by atoms with E-state index in [4.69, 9.17) is 5.73 Å². The Labute approximate surface area is 142 Å². The highest BCUT2D eigenvalue weighted by molar-refractivity contribution is 6.01. The van der Waals surface area contributed by atoms with Crippen LogP contribution >= 0.6 is 0 Å².